The summed E-state index contributed by atoms with van der Waals surface area (Å²) in [5.41, 5.74) is 4.92. The van der Waals surface area contributed by atoms with Crippen LogP contribution in [0.2, 0.25) is 5.02 Å². The molecule has 1 nitrogen and oxygen atoms in total. The Hall–Kier alpha value is -0.485. The van der Waals surface area contributed by atoms with Crippen LogP contribution in [0, 0.1) is 0 Å². The molecule has 0 aliphatic heterocycles. The van der Waals surface area contributed by atoms with E-state index in [0.717, 1.165) is 0 Å². The van der Waals surface area contributed by atoms with Crippen molar-refractivity contribution in [3.8, 4) is 0 Å². The molecule has 0 aliphatic carbocycles. The zero-order valence-electron chi connectivity index (χ0n) is 7.01. The van der Waals surface area contributed by atoms with Gasteiger partial charge in [-0.3, -0.25) is 0 Å². The molecule has 0 amide bonds. The van der Waals surface area contributed by atoms with E-state index < -0.39 is 12.6 Å². The fraction of sp³-hybridized carbons (Fsp3) is 0.143. The number of anilines is 1. The fourth-order valence-corrected chi connectivity index (χ4v) is 1.78. The van der Waals surface area contributed by atoms with Crippen LogP contribution in [0.4, 0.5) is 18.6 Å². The highest BCUT2D eigenvalue weighted by molar-refractivity contribution is 8.00. The molecule has 7 heteroatoms. The largest absolute Gasteiger partial charge is 0.488 e. The smallest absolute Gasteiger partial charge is 0.448 e. The van der Waals surface area contributed by atoms with Crippen LogP contribution in [0.1, 0.15) is 0 Å². The SMILES string of the molecule is Nc1ccc(SC[B-](F)(F)F)cc1Cl. The van der Waals surface area contributed by atoms with Crippen LogP contribution in [0.5, 0.6) is 0 Å². The first kappa shape index (κ1) is 11.6. The van der Waals surface area contributed by atoms with E-state index in [4.69, 9.17) is 17.3 Å². The molecule has 0 saturated carbocycles. The first-order valence-corrected chi connectivity index (χ1v) is 5.13. The Morgan fingerprint density at radius 2 is 2.00 bits per heavy atom. The molecular weight excluding hydrogens is 233 g/mol. The van der Waals surface area contributed by atoms with Crippen molar-refractivity contribution in [3.05, 3.63) is 23.2 Å². The number of benzene rings is 1. The van der Waals surface area contributed by atoms with E-state index in [1.165, 1.54) is 18.2 Å². The third-order valence-corrected chi connectivity index (χ3v) is 2.87. The fourth-order valence-electron chi connectivity index (χ4n) is 0.788. The summed E-state index contributed by atoms with van der Waals surface area (Å²) in [7, 11) is 0. The summed E-state index contributed by atoms with van der Waals surface area (Å²) in [5, 5.41) is 0.282. The molecule has 14 heavy (non-hydrogen) atoms. The molecule has 0 aliphatic rings. The molecule has 0 fully saturated rings. The number of hydrogen-bond acceptors (Lipinski definition) is 2. The molecule has 0 heterocycles. The van der Waals surface area contributed by atoms with Gasteiger partial charge in [-0.15, -0.1) is 0 Å². The van der Waals surface area contributed by atoms with E-state index >= 15 is 0 Å². The van der Waals surface area contributed by atoms with Gasteiger partial charge in [-0.05, 0) is 23.9 Å². The maximum Gasteiger partial charge on any atom is 0.488 e. The Morgan fingerprint density at radius 3 is 2.50 bits per heavy atom. The lowest BCUT2D eigenvalue weighted by molar-refractivity contribution is 0.485. The summed E-state index contributed by atoms with van der Waals surface area (Å²) in [6.07, 6.45) is 0. The molecule has 0 bridgehead atoms. The molecule has 1 aromatic rings. The van der Waals surface area contributed by atoms with Gasteiger partial charge in [0, 0.05) is 4.90 Å². The molecule has 0 aromatic heterocycles. The minimum Gasteiger partial charge on any atom is -0.448 e. The average Bonchev–Trinajstić information content (AvgIpc) is 2.06. The lowest BCUT2D eigenvalue weighted by Crippen LogP contribution is -2.18. The minimum absolute atomic E-state index is 0.282. The highest BCUT2D eigenvalue weighted by Crippen LogP contribution is 2.28. The summed E-state index contributed by atoms with van der Waals surface area (Å²) in [4.78, 5) is 0.475. The predicted molar refractivity (Wildman–Crippen MR) is 55.7 cm³/mol. The third kappa shape index (κ3) is 3.71. The summed E-state index contributed by atoms with van der Waals surface area (Å²) < 4.78 is 35.7. The first-order chi connectivity index (χ1) is 6.38. The molecule has 0 spiro atoms. The van der Waals surface area contributed by atoms with Crippen molar-refractivity contribution in [3.63, 3.8) is 0 Å². The average molecular weight is 240 g/mol. The van der Waals surface area contributed by atoms with Crippen LogP contribution in [-0.4, -0.2) is 12.6 Å². The topological polar surface area (TPSA) is 26.0 Å². The van der Waals surface area contributed by atoms with E-state index in [2.05, 4.69) is 0 Å². The van der Waals surface area contributed by atoms with E-state index in [0.29, 0.717) is 22.3 Å². The van der Waals surface area contributed by atoms with Crippen LogP contribution in [-0.2, 0) is 0 Å². The van der Waals surface area contributed by atoms with Gasteiger partial charge >= 0.3 is 6.98 Å². The second-order valence-corrected chi connectivity index (χ2v) is 4.21. The summed E-state index contributed by atoms with van der Waals surface area (Å²) in [5.74, 6) is 0. The second-order valence-electron chi connectivity index (χ2n) is 2.70. The van der Waals surface area contributed by atoms with Crippen molar-refractivity contribution in [2.24, 2.45) is 0 Å². The third-order valence-electron chi connectivity index (χ3n) is 1.41. The lowest BCUT2D eigenvalue weighted by atomic mass is 9.98. The quantitative estimate of drug-likeness (QED) is 0.498. The van der Waals surface area contributed by atoms with Crippen LogP contribution in [0.25, 0.3) is 0 Å². The zero-order chi connectivity index (χ0) is 10.8. The van der Waals surface area contributed by atoms with E-state index in [9.17, 15) is 12.9 Å². The Bertz CT molecular complexity index is 331. The number of nitrogen functional groups attached to an aromatic ring is 1. The summed E-state index contributed by atoms with van der Waals surface area (Å²) in [6.45, 7) is -4.76. The van der Waals surface area contributed by atoms with E-state index in [1.54, 1.807) is 0 Å². The Labute approximate surface area is 88.9 Å². The molecule has 0 radical (unpaired) electrons. The molecule has 0 unspecified atom stereocenters. The van der Waals surface area contributed by atoms with Crippen molar-refractivity contribution in [2.45, 2.75) is 4.90 Å². The number of rotatable bonds is 3. The van der Waals surface area contributed by atoms with Crippen LogP contribution < -0.4 is 5.73 Å². The van der Waals surface area contributed by atoms with Gasteiger partial charge in [0.1, 0.15) is 0 Å². The lowest BCUT2D eigenvalue weighted by Gasteiger charge is -2.12. The number of hydrogen-bond donors (Lipinski definition) is 1. The molecule has 78 valence electrons. The molecular formula is C7H7BClF3NS-. The van der Waals surface area contributed by atoms with Crippen molar-refractivity contribution >= 4 is 36.0 Å². The second kappa shape index (κ2) is 4.36. The van der Waals surface area contributed by atoms with Gasteiger partial charge in [0.15, 0.2) is 0 Å². The molecule has 2 N–H and O–H groups in total. The van der Waals surface area contributed by atoms with Gasteiger partial charge in [0.05, 0.1) is 10.7 Å². The maximum absolute atomic E-state index is 11.9. The van der Waals surface area contributed by atoms with Gasteiger partial charge in [0.25, 0.3) is 0 Å². The zero-order valence-corrected chi connectivity index (χ0v) is 8.59. The van der Waals surface area contributed by atoms with E-state index in [1.807, 2.05) is 0 Å². The Balaban J connectivity index is 2.65. The van der Waals surface area contributed by atoms with Crippen LogP contribution >= 0.6 is 23.4 Å². The van der Waals surface area contributed by atoms with Crippen molar-refractivity contribution in [1.29, 1.82) is 0 Å². The van der Waals surface area contributed by atoms with Gasteiger partial charge in [0.2, 0.25) is 0 Å². The molecule has 1 rings (SSSR count). The highest BCUT2D eigenvalue weighted by Gasteiger charge is 2.22. The summed E-state index contributed by atoms with van der Waals surface area (Å²) >= 11 is 6.36. The maximum atomic E-state index is 11.9. The van der Waals surface area contributed by atoms with Crippen molar-refractivity contribution in [1.82, 2.24) is 0 Å². The highest BCUT2D eigenvalue weighted by atomic mass is 35.5. The van der Waals surface area contributed by atoms with Crippen LogP contribution in [0.15, 0.2) is 23.1 Å². The molecule has 0 saturated heterocycles. The van der Waals surface area contributed by atoms with Crippen LogP contribution in [0.3, 0.4) is 0 Å². The number of nitrogens with two attached hydrogens (primary N) is 1. The van der Waals surface area contributed by atoms with Gasteiger partial charge in [-0.2, -0.15) is 11.8 Å². The Kier molecular flexibility index (Phi) is 3.61. The van der Waals surface area contributed by atoms with Gasteiger partial charge < -0.3 is 18.7 Å². The Morgan fingerprint density at radius 1 is 1.36 bits per heavy atom. The van der Waals surface area contributed by atoms with Gasteiger partial charge in [-0.1, -0.05) is 11.6 Å². The van der Waals surface area contributed by atoms with E-state index in [-0.39, 0.29) is 5.02 Å². The summed E-state index contributed by atoms with van der Waals surface area (Å²) in [6, 6.07) is 4.45. The first-order valence-electron chi connectivity index (χ1n) is 3.77. The molecule has 1 aromatic carbocycles. The van der Waals surface area contributed by atoms with Crippen molar-refractivity contribution < 1.29 is 12.9 Å². The molecule has 0 atom stereocenters. The number of halogens is 4. The predicted octanol–water partition coefficient (Wildman–Crippen LogP) is 3.40. The normalized spacial score (nSPS) is 11.7. The minimum atomic E-state index is -4.76. The monoisotopic (exact) mass is 240 g/mol. The van der Waals surface area contributed by atoms with Crippen molar-refractivity contribution in [2.75, 3.05) is 11.4 Å². The standard InChI is InChI=1S/C7H7BClF3NS/c9-6-3-5(1-2-7(6)13)14-4-8(10,11)12/h1-3H,4,13H2/q-1. The number of thioether (sulfide) groups is 1. The van der Waals surface area contributed by atoms with Gasteiger partial charge in [-0.25, -0.2) is 0 Å².